The summed E-state index contributed by atoms with van der Waals surface area (Å²) in [5.41, 5.74) is 0.904. The third-order valence-electron chi connectivity index (χ3n) is 2.79. The Morgan fingerprint density at radius 1 is 1.44 bits per heavy atom. The minimum Gasteiger partial charge on any atom is -0.468 e. The third-order valence-corrected chi connectivity index (χ3v) is 2.79. The molecule has 0 spiro atoms. The van der Waals surface area contributed by atoms with Crippen LogP contribution in [-0.4, -0.2) is 15.0 Å². The predicted molar refractivity (Wildman–Crippen MR) is 69.0 cm³/mol. The lowest BCUT2D eigenvalue weighted by atomic mass is 10.1. The Morgan fingerprint density at radius 2 is 2.22 bits per heavy atom. The van der Waals surface area contributed by atoms with Crippen LogP contribution in [-0.2, 0) is 12.1 Å². The van der Waals surface area contributed by atoms with E-state index in [1.807, 2.05) is 23.0 Å². The zero-order chi connectivity index (χ0) is 13.2. The summed E-state index contributed by atoms with van der Waals surface area (Å²) in [5, 5.41) is 11.6. The van der Waals surface area contributed by atoms with Gasteiger partial charge in [-0.25, -0.2) is 4.68 Å². The predicted octanol–water partition coefficient (Wildman–Crippen LogP) is 2.48. The number of nitrogens with zero attached hydrogens (tertiary/aromatic N) is 3. The topological polar surface area (TPSA) is 55.9 Å². The zero-order valence-electron chi connectivity index (χ0n) is 11.3. The molecule has 1 N–H and O–H groups in total. The van der Waals surface area contributed by atoms with Gasteiger partial charge in [-0.05, 0) is 39.8 Å². The molecule has 0 aliphatic carbocycles. The molecule has 0 aromatic carbocycles. The summed E-state index contributed by atoms with van der Waals surface area (Å²) in [6.07, 6.45) is 3.66. The Hall–Kier alpha value is -1.62. The van der Waals surface area contributed by atoms with Crippen molar-refractivity contribution < 1.29 is 4.42 Å². The first-order chi connectivity index (χ1) is 8.47. The molecule has 98 valence electrons. The number of nitrogens with one attached hydrogen (secondary N) is 1. The van der Waals surface area contributed by atoms with Crippen LogP contribution in [0.25, 0.3) is 0 Å². The molecule has 0 fully saturated rings. The molecule has 0 bridgehead atoms. The monoisotopic (exact) mass is 248 g/mol. The second kappa shape index (κ2) is 4.94. The fourth-order valence-electron chi connectivity index (χ4n) is 1.60. The van der Waals surface area contributed by atoms with Crippen molar-refractivity contribution in [2.75, 3.05) is 0 Å². The fourth-order valence-corrected chi connectivity index (χ4v) is 1.60. The SMILES string of the molecule is C[C@H](NCc1cn(C(C)(C)C)nn1)c1ccco1. The summed E-state index contributed by atoms with van der Waals surface area (Å²) in [4.78, 5) is 0. The molecule has 0 aliphatic heterocycles. The van der Waals surface area contributed by atoms with Crippen molar-refractivity contribution >= 4 is 0 Å². The number of hydrogen-bond acceptors (Lipinski definition) is 4. The summed E-state index contributed by atoms with van der Waals surface area (Å²) in [5.74, 6) is 0.929. The van der Waals surface area contributed by atoms with Gasteiger partial charge in [0, 0.05) is 6.54 Å². The van der Waals surface area contributed by atoms with Gasteiger partial charge in [0.2, 0.25) is 0 Å². The van der Waals surface area contributed by atoms with E-state index in [2.05, 4.69) is 43.3 Å². The van der Waals surface area contributed by atoms with E-state index in [1.165, 1.54) is 0 Å². The molecular weight excluding hydrogens is 228 g/mol. The fraction of sp³-hybridized carbons (Fsp3) is 0.538. The van der Waals surface area contributed by atoms with Gasteiger partial charge in [-0.2, -0.15) is 0 Å². The Bertz CT molecular complexity index is 481. The van der Waals surface area contributed by atoms with E-state index in [0.717, 1.165) is 11.5 Å². The first-order valence-electron chi connectivity index (χ1n) is 6.15. The van der Waals surface area contributed by atoms with E-state index in [9.17, 15) is 0 Å². The number of hydrogen-bond donors (Lipinski definition) is 1. The van der Waals surface area contributed by atoms with Crippen LogP contribution < -0.4 is 5.32 Å². The molecule has 0 saturated carbocycles. The van der Waals surface area contributed by atoms with Gasteiger partial charge in [-0.15, -0.1) is 5.10 Å². The summed E-state index contributed by atoms with van der Waals surface area (Å²) < 4.78 is 7.22. The summed E-state index contributed by atoms with van der Waals surface area (Å²) in [6, 6.07) is 4.02. The van der Waals surface area contributed by atoms with Gasteiger partial charge in [0.05, 0.1) is 29.7 Å². The molecule has 0 aliphatic rings. The van der Waals surface area contributed by atoms with E-state index >= 15 is 0 Å². The van der Waals surface area contributed by atoms with E-state index in [0.29, 0.717) is 6.54 Å². The largest absolute Gasteiger partial charge is 0.468 e. The highest BCUT2D eigenvalue weighted by Gasteiger charge is 2.15. The summed E-state index contributed by atoms with van der Waals surface area (Å²) >= 11 is 0. The van der Waals surface area contributed by atoms with Gasteiger partial charge in [0.25, 0.3) is 0 Å². The quantitative estimate of drug-likeness (QED) is 0.903. The van der Waals surface area contributed by atoms with Crippen molar-refractivity contribution in [3.8, 4) is 0 Å². The Kier molecular flexibility index (Phi) is 3.52. The second-order valence-corrected chi connectivity index (χ2v) is 5.44. The van der Waals surface area contributed by atoms with Crippen LogP contribution in [0.5, 0.6) is 0 Å². The minimum atomic E-state index is -0.0299. The van der Waals surface area contributed by atoms with E-state index in [4.69, 9.17) is 4.42 Å². The average Bonchev–Trinajstić information content (AvgIpc) is 2.96. The molecule has 0 unspecified atom stereocenters. The van der Waals surface area contributed by atoms with Crippen molar-refractivity contribution in [2.45, 2.75) is 45.8 Å². The molecule has 2 rings (SSSR count). The molecular formula is C13H20N4O. The standard InChI is InChI=1S/C13H20N4O/c1-10(12-6-5-7-18-12)14-8-11-9-17(16-15-11)13(2,3)4/h5-7,9-10,14H,8H2,1-4H3/t10-/m0/s1. The van der Waals surface area contributed by atoms with Gasteiger partial charge in [0.15, 0.2) is 0 Å². The van der Waals surface area contributed by atoms with Gasteiger partial charge < -0.3 is 9.73 Å². The number of aromatic nitrogens is 3. The Labute approximate surface area is 107 Å². The molecule has 5 heteroatoms. The van der Waals surface area contributed by atoms with Gasteiger partial charge >= 0.3 is 0 Å². The van der Waals surface area contributed by atoms with Crippen LogP contribution in [0.15, 0.2) is 29.0 Å². The van der Waals surface area contributed by atoms with E-state index in [1.54, 1.807) is 6.26 Å². The van der Waals surface area contributed by atoms with E-state index in [-0.39, 0.29) is 11.6 Å². The molecule has 2 heterocycles. The number of furan rings is 1. The minimum absolute atomic E-state index is 0.0299. The maximum absolute atomic E-state index is 5.34. The van der Waals surface area contributed by atoms with Gasteiger partial charge in [-0.1, -0.05) is 5.21 Å². The lowest BCUT2D eigenvalue weighted by Gasteiger charge is -2.17. The van der Waals surface area contributed by atoms with Crippen molar-refractivity contribution in [1.82, 2.24) is 20.3 Å². The molecule has 0 radical (unpaired) electrons. The highest BCUT2D eigenvalue weighted by molar-refractivity contribution is 5.04. The van der Waals surface area contributed by atoms with Crippen LogP contribution in [0.1, 0.15) is 45.2 Å². The molecule has 0 saturated heterocycles. The van der Waals surface area contributed by atoms with Crippen molar-refractivity contribution in [1.29, 1.82) is 0 Å². The van der Waals surface area contributed by atoms with Crippen molar-refractivity contribution in [2.24, 2.45) is 0 Å². The molecule has 1 atom stereocenters. The Morgan fingerprint density at radius 3 is 2.78 bits per heavy atom. The highest BCUT2D eigenvalue weighted by Crippen LogP contribution is 2.14. The average molecular weight is 248 g/mol. The normalized spacial score (nSPS) is 13.8. The maximum atomic E-state index is 5.34. The second-order valence-electron chi connectivity index (χ2n) is 5.44. The lowest BCUT2D eigenvalue weighted by Crippen LogP contribution is -2.22. The van der Waals surface area contributed by atoms with Crippen LogP contribution in [0.3, 0.4) is 0 Å². The van der Waals surface area contributed by atoms with Crippen molar-refractivity contribution in [3.05, 3.63) is 36.0 Å². The van der Waals surface area contributed by atoms with Crippen LogP contribution in [0.2, 0.25) is 0 Å². The van der Waals surface area contributed by atoms with Crippen LogP contribution in [0.4, 0.5) is 0 Å². The molecule has 18 heavy (non-hydrogen) atoms. The van der Waals surface area contributed by atoms with Gasteiger partial charge in [-0.3, -0.25) is 0 Å². The molecule has 2 aromatic heterocycles. The van der Waals surface area contributed by atoms with Crippen LogP contribution in [0, 0.1) is 0 Å². The first-order valence-corrected chi connectivity index (χ1v) is 6.15. The maximum Gasteiger partial charge on any atom is 0.120 e. The smallest absolute Gasteiger partial charge is 0.120 e. The zero-order valence-corrected chi connectivity index (χ0v) is 11.3. The molecule has 5 nitrogen and oxygen atoms in total. The summed E-state index contributed by atoms with van der Waals surface area (Å²) in [7, 11) is 0. The third kappa shape index (κ3) is 2.98. The summed E-state index contributed by atoms with van der Waals surface area (Å²) in [6.45, 7) is 9.05. The van der Waals surface area contributed by atoms with Gasteiger partial charge in [0.1, 0.15) is 5.76 Å². The highest BCUT2D eigenvalue weighted by atomic mass is 16.3. The van der Waals surface area contributed by atoms with Crippen molar-refractivity contribution in [3.63, 3.8) is 0 Å². The Balaban J connectivity index is 1.93. The lowest BCUT2D eigenvalue weighted by molar-refractivity contribution is 0.346. The molecule has 0 amide bonds. The van der Waals surface area contributed by atoms with Crippen LogP contribution >= 0.6 is 0 Å². The van der Waals surface area contributed by atoms with E-state index < -0.39 is 0 Å². The first kappa shape index (κ1) is 12.8. The molecule has 2 aromatic rings. The number of rotatable bonds is 4.